The summed E-state index contributed by atoms with van der Waals surface area (Å²) in [6.07, 6.45) is 1.38. The summed E-state index contributed by atoms with van der Waals surface area (Å²) in [4.78, 5) is 17.0. The molecule has 0 bridgehead atoms. The van der Waals surface area contributed by atoms with Gasteiger partial charge in [-0.3, -0.25) is 4.79 Å². The number of hydrogen-bond donors (Lipinski definition) is 1. The number of carbonyl (C=O) groups is 1. The molecule has 31 heavy (non-hydrogen) atoms. The van der Waals surface area contributed by atoms with Crippen molar-refractivity contribution in [1.29, 1.82) is 0 Å². The highest BCUT2D eigenvalue weighted by molar-refractivity contribution is 6.35. The summed E-state index contributed by atoms with van der Waals surface area (Å²) in [6.45, 7) is 1.78. The summed E-state index contributed by atoms with van der Waals surface area (Å²) in [5, 5.41) is 15.8. The molecule has 1 amide bonds. The van der Waals surface area contributed by atoms with Gasteiger partial charge in [-0.1, -0.05) is 53.0 Å². The topological polar surface area (TPSA) is 72.4 Å². The van der Waals surface area contributed by atoms with Gasteiger partial charge in [0.25, 0.3) is 5.91 Å². The van der Waals surface area contributed by atoms with Crippen molar-refractivity contribution in [2.75, 3.05) is 0 Å². The predicted molar refractivity (Wildman–Crippen MR) is 120 cm³/mol. The zero-order valence-corrected chi connectivity index (χ0v) is 18.4. The maximum absolute atomic E-state index is 13.0. The summed E-state index contributed by atoms with van der Waals surface area (Å²) in [6, 6.07) is 17.0. The molecule has 0 unspecified atom stereocenters. The molecule has 2 aromatic heterocycles. The SMILES string of the molecule is Cc1c(C(=O)N=c2ccccn2O)nn(-c2ccc(Cl)cc2Cl)c1-c1ccc(Cl)cc1. The number of pyridine rings is 1. The minimum Gasteiger partial charge on any atom is -0.427 e. The molecule has 4 aromatic rings. The third-order valence-corrected chi connectivity index (χ3v) is 5.40. The third kappa shape index (κ3) is 4.23. The average Bonchev–Trinajstić information content (AvgIpc) is 3.07. The quantitative estimate of drug-likeness (QED) is 0.394. The highest BCUT2D eigenvalue weighted by atomic mass is 35.5. The van der Waals surface area contributed by atoms with E-state index < -0.39 is 5.91 Å². The van der Waals surface area contributed by atoms with Crippen LogP contribution in [-0.2, 0) is 0 Å². The van der Waals surface area contributed by atoms with E-state index in [4.69, 9.17) is 34.8 Å². The van der Waals surface area contributed by atoms with Gasteiger partial charge in [0.15, 0.2) is 11.2 Å². The van der Waals surface area contributed by atoms with Gasteiger partial charge in [-0.2, -0.15) is 14.8 Å². The Hall–Kier alpha value is -3.06. The molecule has 156 valence electrons. The molecule has 0 fully saturated rings. The molecule has 9 heteroatoms. The summed E-state index contributed by atoms with van der Waals surface area (Å²) < 4.78 is 2.35. The van der Waals surface area contributed by atoms with Crippen LogP contribution < -0.4 is 5.49 Å². The summed E-state index contributed by atoms with van der Waals surface area (Å²) in [5.41, 5.74) is 2.80. The molecule has 2 aromatic carbocycles. The fraction of sp³-hybridized carbons (Fsp3) is 0.0455. The van der Waals surface area contributed by atoms with Crippen molar-refractivity contribution in [3.8, 4) is 16.9 Å². The van der Waals surface area contributed by atoms with Crippen LogP contribution in [0.3, 0.4) is 0 Å². The van der Waals surface area contributed by atoms with E-state index in [0.29, 0.717) is 32.0 Å². The molecular formula is C22H15Cl3N4O2. The standard InChI is InChI=1S/C22H15Cl3N4O2/c1-13-20(22(30)26-19-4-2-3-11-28(19)31)27-29(18-10-9-16(24)12-17(18)25)21(13)14-5-7-15(23)8-6-14/h2-12,31H,1H3. The highest BCUT2D eigenvalue weighted by Crippen LogP contribution is 2.33. The van der Waals surface area contributed by atoms with Crippen LogP contribution in [0.5, 0.6) is 0 Å². The predicted octanol–water partition coefficient (Wildman–Crippen LogP) is 5.59. The second kappa shape index (κ2) is 8.59. The van der Waals surface area contributed by atoms with Gasteiger partial charge in [-0.05, 0) is 49.4 Å². The molecule has 0 saturated carbocycles. The van der Waals surface area contributed by atoms with Crippen LogP contribution in [0, 0.1) is 6.92 Å². The van der Waals surface area contributed by atoms with Crippen molar-refractivity contribution in [2.45, 2.75) is 6.92 Å². The molecule has 0 radical (unpaired) electrons. The molecule has 0 aliphatic carbocycles. The van der Waals surface area contributed by atoms with Gasteiger partial charge in [-0.15, -0.1) is 0 Å². The Kier molecular flexibility index (Phi) is 5.87. The molecule has 6 nitrogen and oxygen atoms in total. The maximum atomic E-state index is 13.0. The largest absolute Gasteiger partial charge is 0.427 e. The van der Waals surface area contributed by atoms with E-state index in [1.54, 1.807) is 54.1 Å². The first-order valence-corrected chi connectivity index (χ1v) is 10.3. The first kappa shape index (κ1) is 21.2. The van der Waals surface area contributed by atoms with Crippen LogP contribution in [0.15, 0.2) is 71.9 Å². The molecule has 0 spiro atoms. The normalized spacial score (nSPS) is 11.7. The first-order valence-electron chi connectivity index (χ1n) is 9.12. The molecule has 1 N–H and O–H groups in total. The third-order valence-electron chi connectivity index (χ3n) is 4.61. The smallest absolute Gasteiger partial charge is 0.299 e. The van der Waals surface area contributed by atoms with Crippen molar-refractivity contribution in [2.24, 2.45) is 4.99 Å². The lowest BCUT2D eigenvalue weighted by molar-refractivity contribution is 0.0982. The van der Waals surface area contributed by atoms with Crippen LogP contribution in [0.1, 0.15) is 16.1 Å². The zero-order chi connectivity index (χ0) is 22.1. The number of nitrogens with zero attached hydrogens (tertiary/aromatic N) is 4. The number of hydrogen-bond acceptors (Lipinski definition) is 3. The molecule has 0 aliphatic heterocycles. The van der Waals surface area contributed by atoms with Gasteiger partial charge in [0.1, 0.15) is 0 Å². The van der Waals surface area contributed by atoms with E-state index in [1.807, 2.05) is 12.1 Å². The van der Waals surface area contributed by atoms with Gasteiger partial charge in [0.05, 0.1) is 16.4 Å². The number of benzene rings is 2. The fourth-order valence-corrected chi connectivity index (χ4v) is 3.76. The van der Waals surface area contributed by atoms with Gasteiger partial charge in [-0.25, -0.2) is 4.68 Å². The van der Waals surface area contributed by atoms with Gasteiger partial charge in [0.2, 0.25) is 0 Å². The molecule has 0 saturated heterocycles. The first-order chi connectivity index (χ1) is 14.8. The molecule has 2 heterocycles. The minimum atomic E-state index is -0.606. The van der Waals surface area contributed by atoms with E-state index in [9.17, 15) is 10.0 Å². The Morgan fingerprint density at radius 3 is 2.39 bits per heavy atom. The second-order valence-electron chi connectivity index (χ2n) is 6.66. The number of carbonyl (C=O) groups excluding carboxylic acids is 1. The Labute approximate surface area is 192 Å². The van der Waals surface area contributed by atoms with Crippen molar-refractivity contribution < 1.29 is 10.0 Å². The number of rotatable bonds is 3. The van der Waals surface area contributed by atoms with E-state index in [0.717, 1.165) is 10.3 Å². The van der Waals surface area contributed by atoms with Gasteiger partial charge in [0, 0.05) is 27.4 Å². The summed E-state index contributed by atoms with van der Waals surface area (Å²) in [5.74, 6) is -0.606. The summed E-state index contributed by atoms with van der Waals surface area (Å²) in [7, 11) is 0. The van der Waals surface area contributed by atoms with Crippen LogP contribution in [0.4, 0.5) is 0 Å². The zero-order valence-electron chi connectivity index (χ0n) is 16.1. The minimum absolute atomic E-state index is 0.0824. The van der Waals surface area contributed by atoms with Crippen molar-refractivity contribution in [3.63, 3.8) is 0 Å². The lowest BCUT2D eigenvalue weighted by atomic mass is 10.1. The van der Waals surface area contributed by atoms with Crippen molar-refractivity contribution in [3.05, 3.63) is 98.7 Å². The van der Waals surface area contributed by atoms with Crippen molar-refractivity contribution in [1.82, 2.24) is 14.5 Å². The van der Waals surface area contributed by atoms with Gasteiger partial charge < -0.3 is 5.21 Å². The van der Waals surface area contributed by atoms with Crippen LogP contribution in [-0.4, -0.2) is 25.6 Å². The number of halogens is 3. The van der Waals surface area contributed by atoms with Gasteiger partial charge >= 0.3 is 0 Å². The number of aromatic nitrogens is 3. The lowest BCUT2D eigenvalue weighted by Crippen LogP contribution is -2.19. The van der Waals surface area contributed by atoms with E-state index in [2.05, 4.69) is 10.1 Å². The lowest BCUT2D eigenvalue weighted by Gasteiger charge is -2.11. The highest BCUT2D eigenvalue weighted by Gasteiger charge is 2.23. The Morgan fingerprint density at radius 1 is 1.00 bits per heavy atom. The molecule has 0 atom stereocenters. The van der Waals surface area contributed by atoms with E-state index >= 15 is 0 Å². The Morgan fingerprint density at radius 2 is 1.71 bits per heavy atom. The van der Waals surface area contributed by atoms with Crippen LogP contribution >= 0.6 is 34.8 Å². The molecular weight excluding hydrogens is 459 g/mol. The van der Waals surface area contributed by atoms with E-state index in [1.165, 1.54) is 12.3 Å². The average molecular weight is 474 g/mol. The Bertz CT molecular complexity index is 1360. The Balaban J connectivity index is 1.94. The van der Waals surface area contributed by atoms with E-state index in [-0.39, 0.29) is 11.2 Å². The monoisotopic (exact) mass is 472 g/mol. The van der Waals surface area contributed by atoms with Crippen LogP contribution in [0.2, 0.25) is 15.1 Å². The maximum Gasteiger partial charge on any atom is 0.299 e. The second-order valence-corrected chi connectivity index (χ2v) is 7.94. The van der Waals surface area contributed by atoms with Crippen molar-refractivity contribution >= 4 is 40.7 Å². The summed E-state index contributed by atoms with van der Waals surface area (Å²) >= 11 is 18.5. The fourth-order valence-electron chi connectivity index (χ4n) is 3.14. The molecule has 4 rings (SSSR count). The molecule has 0 aliphatic rings. The number of amides is 1. The van der Waals surface area contributed by atoms with Crippen LogP contribution in [0.25, 0.3) is 16.9 Å².